The summed E-state index contributed by atoms with van der Waals surface area (Å²) in [5, 5.41) is 2.95. The number of ether oxygens (including phenoxy) is 2. The lowest BCUT2D eigenvalue weighted by molar-refractivity contribution is 0.102. The molecule has 0 radical (unpaired) electrons. The fraction of sp³-hybridized carbons (Fsp3) is 0.174. The van der Waals surface area contributed by atoms with E-state index in [0.717, 1.165) is 24.3 Å². The number of carbonyl (C=O) groups is 1. The molecule has 0 bridgehead atoms. The summed E-state index contributed by atoms with van der Waals surface area (Å²) in [5.41, 5.74) is 5.06. The number of nitrogens with zero attached hydrogens (tertiary/aromatic N) is 1. The molecule has 0 unspecified atom stereocenters. The molecule has 28 heavy (non-hydrogen) atoms. The quantitative estimate of drug-likeness (QED) is 0.740. The standard InChI is InChI=1S/C23H20N2O3/c26-23(17-5-10-21-22(15-17)28-14-13-27-21)24-18-6-8-19(9-7-18)25-12-11-16-3-1-2-4-20(16)25/h1-10,15H,11-14H2,(H,24,26). The molecule has 5 rings (SSSR count). The van der Waals surface area contributed by atoms with Crippen LogP contribution in [-0.4, -0.2) is 25.7 Å². The molecule has 0 aliphatic carbocycles. The Morgan fingerprint density at radius 2 is 1.68 bits per heavy atom. The van der Waals surface area contributed by atoms with Crippen molar-refractivity contribution in [1.29, 1.82) is 0 Å². The summed E-state index contributed by atoms with van der Waals surface area (Å²) in [6, 6.07) is 21.7. The Labute approximate surface area is 163 Å². The average molecular weight is 372 g/mol. The Hall–Kier alpha value is -3.47. The van der Waals surface area contributed by atoms with Crippen LogP contribution >= 0.6 is 0 Å². The van der Waals surface area contributed by atoms with Gasteiger partial charge in [0.2, 0.25) is 0 Å². The summed E-state index contributed by atoms with van der Waals surface area (Å²) in [5.74, 6) is 1.12. The maximum absolute atomic E-state index is 12.6. The molecule has 5 nitrogen and oxygen atoms in total. The second-order valence-corrected chi connectivity index (χ2v) is 6.89. The van der Waals surface area contributed by atoms with Crippen molar-refractivity contribution < 1.29 is 14.3 Å². The molecule has 1 N–H and O–H groups in total. The predicted octanol–water partition coefficient (Wildman–Crippen LogP) is 4.40. The number of nitrogens with one attached hydrogen (secondary N) is 1. The number of hydrogen-bond donors (Lipinski definition) is 1. The number of carbonyl (C=O) groups excluding carboxylic acids is 1. The second kappa shape index (κ2) is 6.93. The molecule has 140 valence electrons. The largest absolute Gasteiger partial charge is 0.486 e. The zero-order valence-corrected chi connectivity index (χ0v) is 15.4. The third kappa shape index (κ3) is 3.05. The summed E-state index contributed by atoms with van der Waals surface area (Å²) in [4.78, 5) is 14.9. The molecule has 0 spiro atoms. The first-order chi connectivity index (χ1) is 13.8. The molecule has 1 amide bonds. The second-order valence-electron chi connectivity index (χ2n) is 6.89. The van der Waals surface area contributed by atoms with Gasteiger partial charge in [-0.15, -0.1) is 0 Å². The van der Waals surface area contributed by atoms with Crippen molar-refractivity contribution in [3.8, 4) is 11.5 Å². The van der Waals surface area contributed by atoms with Gasteiger partial charge in [0, 0.05) is 29.2 Å². The van der Waals surface area contributed by atoms with Crippen LogP contribution in [0.2, 0.25) is 0 Å². The van der Waals surface area contributed by atoms with Crippen molar-refractivity contribution in [2.75, 3.05) is 30.0 Å². The average Bonchev–Trinajstić information content (AvgIpc) is 3.18. The molecule has 0 atom stereocenters. The molecular weight excluding hydrogens is 352 g/mol. The minimum absolute atomic E-state index is 0.170. The van der Waals surface area contributed by atoms with Gasteiger partial charge in [0.15, 0.2) is 11.5 Å². The lowest BCUT2D eigenvalue weighted by atomic mass is 10.1. The third-order valence-corrected chi connectivity index (χ3v) is 5.13. The van der Waals surface area contributed by atoms with E-state index in [1.54, 1.807) is 18.2 Å². The van der Waals surface area contributed by atoms with Crippen molar-refractivity contribution in [3.05, 3.63) is 77.9 Å². The predicted molar refractivity (Wildman–Crippen MR) is 109 cm³/mol. The molecule has 0 fully saturated rings. The topological polar surface area (TPSA) is 50.8 Å². The van der Waals surface area contributed by atoms with Crippen molar-refractivity contribution >= 4 is 23.0 Å². The Morgan fingerprint density at radius 3 is 2.54 bits per heavy atom. The van der Waals surface area contributed by atoms with Crippen LogP contribution in [-0.2, 0) is 6.42 Å². The summed E-state index contributed by atoms with van der Waals surface area (Å²) in [6.45, 7) is 2.01. The number of anilines is 3. The highest BCUT2D eigenvalue weighted by atomic mass is 16.6. The van der Waals surface area contributed by atoms with E-state index in [4.69, 9.17) is 9.47 Å². The molecule has 0 saturated heterocycles. The van der Waals surface area contributed by atoms with E-state index in [2.05, 4.69) is 34.5 Å². The first kappa shape index (κ1) is 16.7. The maximum Gasteiger partial charge on any atom is 0.255 e. The van der Waals surface area contributed by atoms with Crippen LogP contribution in [0.3, 0.4) is 0 Å². The van der Waals surface area contributed by atoms with Crippen molar-refractivity contribution in [2.45, 2.75) is 6.42 Å². The molecule has 2 heterocycles. The normalized spacial score (nSPS) is 14.5. The number of fused-ring (bicyclic) bond motifs is 2. The number of benzene rings is 3. The van der Waals surface area contributed by atoms with Crippen LogP contribution in [0.15, 0.2) is 66.7 Å². The van der Waals surface area contributed by atoms with Crippen molar-refractivity contribution in [3.63, 3.8) is 0 Å². The van der Waals surface area contributed by atoms with Crippen LogP contribution in [0, 0.1) is 0 Å². The van der Waals surface area contributed by atoms with Gasteiger partial charge in [0.1, 0.15) is 13.2 Å². The number of hydrogen-bond acceptors (Lipinski definition) is 4. The molecule has 3 aromatic rings. The number of amides is 1. The SMILES string of the molecule is O=C(Nc1ccc(N2CCc3ccccc32)cc1)c1ccc2c(c1)OCCO2. The minimum atomic E-state index is -0.170. The Kier molecular flexibility index (Phi) is 4.13. The number of para-hydroxylation sites is 1. The van der Waals surface area contributed by atoms with Crippen LogP contribution in [0.1, 0.15) is 15.9 Å². The summed E-state index contributed by atoms with van der Waals surface area (Å²) >= 11 is 0. The number of rotatable bonds is 3. The molecule has 2 aliphatic heterocycles. The van der Waals surface area contributed by atoms with E-state index >= 15 is 0 Å². The van der Waals surface area contributed by atoms with Crippen LogP contribution in [0.25, 0.3) is 0 Å². The highest BCUT2D eigenvalue weighted by molar-refractivity contribution is 6.04. The summed E-state index contributed by atoms with van der Waals surface area (Å²) < 4.78 is 11.1. The molecular formula is C23H20N2O3. The fourth-order valence-electron chi connectivity index (χ4n) is 3.72. The van der Waals surface area contributed by atoms with E-state index in [-0.39, 0.29) is 5.91 Å². The van der Waals surface area contributed by atoms with Gasteiger partial charge >= 0.3 is 0 Å². The molecule has 5 heteroatoms. The van der Waals surface area contributed by atoms with Crippen molar-refractivity contribution in [1.82, 2.24) is 0 Å². The van der Waals surface area contributed by atoms with E-state index < -0.39 is 0 Å². The van der Waals surface area contributed by atoms with Crippen LogP contribution in [0.5, 0.6) is 11.5 Å². The van der Waals surface area contributed by atoms with E-state index in [1.165, 1.54) is 11.3 Å². The van der Waals surface area contributed by atoms with Crippen molar-refractivity contribution in [2.24, 2.45) is 0 Å². The van der Waals surface area contributed by atoms with Gasteiger partial charge in [-0.3, -0.25) is 4.79 Å². The van der Waals surface area contributed by atoms with Crippen LogP contribution in [0.4, 0.5) is 17.1 Å². The fourth-order valence-corrected chi connectivity index (χ4v) is 3.72. The highest BCUT2D eigenvalue weighted by Gasteiger charge is 2.20. The van der Waals surface area contributed by atoms with E-state index in [1.807, 2.05) is 24.3 Å². The van der Waals surface area contributed by atoms with E-state index in [0.29, 0.717) is 30.3 Å². The Bertz CT molecular complexity index is 1030. The molecule has 2 aliphatic rings. The monoisotopic (exact) mass is 372 g/mol. The zero-order chi connectivity index (χ0) is 18.9. The Morgan fingerprint density at radius 1 is 0.893 bits per heavy atom. The van der Waals surface area contributed by atoms with Gasteiger partial charge in [0.05, 0.1) is 0 Å². The first-order valence-electron chi connectivity index (χ1n) is 9.44. The Balaban J connectivity index is 1.31. The maximum atomic E-state index is 12.6. The molecule has 0 aromatic heterocycles. The third-order valence-electron chi connectivity index (χ3n) is 5.13. The molecule has 3 aromatic carbocycles. The summed E-state index contributed by atoms with van der Waals surface area (Å²) in [6.07, 6.45) is 1.05. The zero-order valence-electron chi connectivity index (χ0n) is 15.4. The van der Waals surface area contributed by atoms with Gasteiger partial charge in [-0.05, 0) is 60.5 Å². The van der Waals surface area contributed by atoms with E-state index in [9.17, 15) is 4.79 Å². The van der Waals surface area contributed by atoms with Crippen LogP contribution < -0.4 is 19.7 Å². The van der Waals surface area contributed by atoms with Gasteiger partial charge in [-0.1, -0.05) is 18.2 Å². The first-order valence-corrected chi connectivity index (χ1v) is 9.44. The minimum Gasteiger partial charge on any atom is -0.486 e. The van der Waals surface area contributed by atoms with Gasteiger partial charge in [-0.2, -0.15) is 0 Å². The molecule has 0 saturated carbocycles. The highest BCUT2D eigenvalue weighted by Crippen LogP contribution is 2.35. The van der Waals surface area contributed by atoms with Gasteiger partial charge in [0.25, 0.3) is 5.91 Å². The summed E-state index contributed by atoms with van der Waals surface area (Å²) in [7, 11) is 0. The lowest BCUT2D eigenvalue weighted by Gasteiger charge is -2.20. The smallest absolute Gasteiger partial charge is 0.255 e. The van der Waals surface area contributed by atoms with Gasteiger partial charge < -0.3 is 19.7 Å². The lowest BCUT2D eigenvalue weighted by Crippen LogP contribution is -2.17. The van der Waals surface area contributed by atoms with Gasteiger partial charge in [-0.25, -0.2) is 0 Å².